The van der Waals surface area contributed by atoms with Crippen LogP contribution in [0.5, 0.6) is 11.5 Å². The zero-order valence-corrected chi connectivity index (χ0v) is 15.3. The second kappa shape index (κ2) is 9.44. The number of hydrogen-bond donors (Lipinski definition) is 2. The van der Waals surface area contributed by atoms with Crippen molar-refractivity contribution in [3.05, 3.63) is 53.6 Å². The van der Waals surface area contributed by atoms with Gasteiger partial charge >= 0.3 is 0 Å². The number of nitriles is 1. The Balaban J connectivity index is 1.85. The van der Waals surface area contributed by atoms with Gasteiger partial charge in [0.15, 0.2) is 18.0 Å². The third-order valence-corrected chi connectivity index (χ3v) is 4.03. The highest BCUT2D eigenvalue weighted by atomic mass is 16.5. The fraction of sp³-hybridized carbons (Fsp3) is 0.300. The Hall–Kier alpha value is -3.04. The second-order valence-corrected chi connectivity index (χ2v) is 6.06. The van der Waals surface area contributed by atoms with Crippen LogP contribution in [0.1, 0.15) is 11.1 Å². The molecule has 0 bridgehead atoms. The second-order valence-electron chi connectivity index (χ2n) is 6.06. The molecule has 0 spiro atoms. The number of anilines is 1. The maximum Gasteiger partial charge on any atom is 0.279 e. The summed E-state index contributed by atoms with van der Waals surface area (Å²) in [5.74, 6) is 1.33. The van der Waals surface area contributed by atoms with Gasteiger partial charge < -0.3 is 19.7 Å². The van der Waals surface area contributed by atoms with Gasteiger partial charge in [-0.15, -0.1) is 0 Å². The molecule has 0 aromatic heterocycles. The van der Waals surface area contributed by atoms with E-state index in [0.29, 0.717) is 29.3 Å². The molecule has 0 saturated carbocycles. The molecule has 0 heterocycles. The summed E-state index contributed by atoms with van der Waals surface area (Å²) in [6.07, 6.45) is 0.823. The molecule has 0 fully saturated rings. The minimum Gasteiger partial charge on any atom is -0.493 e. The van der Waals surface area contributed by atoms with E-state index >= 15 is 0 Å². The molecule has 0 aliphatic heterocycles. The Morgan fingerprint density at radius 2 is 1.92 bits per heavy atom. The normalized spacial score (nSPS) is 11.3. The van der Waals surface area contributed by atoms with Gasteiger partial charge in [0.25, 0.3) is 5.91 Å². The molecule has 6 nitrogen and oxygen atoms in total. The lowest BCUT2D eigenvalue weighted by atomic mass is 10.1. The highest BCUT2D eigenvalue weighted by molar-refractivity contribution is 5.91. The van der Waals surface area contributed by atoms with Gasteiger partial charge in [0.2, 0.25) is 0 Å². The van der Waals surface area contributed by atoms with Crippen molar-refractivity contribution in [1.82, 2.24) is 0 Å². The maximum atomic E-state index is 12.2. The summed E-state index contributed by atoms with van der Waals surface area (Å²) in [5.41, 5.74) is 2.29. The van der Waals surface area contributed by atoms with Crippen LogP contribution in [-0.2, 0) is 11.2 Å². The number of carbonyl (C=O) groups excluding carboxylic acids is 1. The van der Waals surface area contributed by atoms with Crippen molar-refractivity contribution < 1.29 is 19.2 Å². The van der Waals surface area contributed by atoms with Gasteiger partial charge in [0, 0.05) is 12.1 Å². The number of amides is 1. The van der Waals surface area contributed by atoms with Crippen molar-refractivity contribution in [3.63, 3.8) is 0 Å². The third-order valence-electron chi connectivity index (χ3n) is 4.03. The van der Waals surface area contributed by atoms with Crippen LogP contribution in [0.4, 0.5) is 5.69 Å². The highest BCUT2D eigenvalue weighted by Gasteiger charge is 2.12. The van der Waals surface area contributed by atoms with Crippen LogP contribution in [0.3, 0.4) is 0 Å². The predicted molar refractivity (Wildman–Crippen MR) is 99.7 cm³/mol. The molecule has 0 saturated heterocycles. The number of methoxy groups -OCH3 is 2. The first kappa shape index (κ1) is 19.3. The first-order valence-corrected chi connectivity index (χ1v) is 8.38. The van der Waals surface area contributed by atoms with Crippen LogP contribution >= 0.6 is 0 Å². The molecule has 2 N–H and O–H groups in total. The molecule has 136 valence electrons. The van der Waals surface area contributed by atoms with Gasteiger partial charge in [-0.25, -0.2) is 0 Å². The van der Waals surface area contributed by atoms with Gasteiger partial charge in [0.05, 0.1) is 39.4 Å². The van der Waals surface area contributed by atoms with E-state index in [1.807, 2.05) is 25.2 Å². The number of hydrogen-bond acceptors (Lipinski definition) is 4. The van der Waals surface area contributed by atoms with Gasteiger partial charge in [0.1, 0.15) is 0 Å². The summed E-state index contributed by atoms with van der Waals surface area (Å²) >= 11 is 0. The van der Waals surface area contributed by atoms with E-state index < -0.39 is 0 Å². The molecule has 2 aromatic rings. The summed E-state index contributed by atoms with van der Waals surface area (Å²) in [7, 11) is 5.21. The number of rotatable bonds is 8. The van der Waals surface area contributed by atoms with E-state index in [1.54, 1.807) is 38.5 Å². The summed E-state index contributed by atoms with van der Waals surface area (Å²) in [6, 6.07) is 14.8. The topological polar surface area (TPSA) is 75.8 Å². The number of nitrogens with zero attached hydrogens (tertiary/aromatic N) is 1. The molecule has 26 heavy (non-hydrogen) atoms. The monoisotopic (exact) mass is 354 g/mol. The summed E-state index contributed by atoms with van der Waals surface area (Å²) in [4.78, 5) is 13.3. The average molecular weight is 354 g/mol. The number of ether oxygens (including phenoxy) is 2. The zero-order valence-electron chi connectivity index (χ0n) is 15.3. The van der Waals surface area contributed by atoms with Crippen LogP contribution < -0.4 is 19.7 Å². The highest BCUT2D eigenvalue weighted by Crippen LogP contribution is 2.27. The quantitative estimate of drug-likeness (QED) is 0.749. The molecule has 2 rings (SSSR count). The van der Waals surface area contributed by atoms with Gasteiger partial charge in [-0.05, 0) is 35.9 Å². The van der Waals surface area contributed by atoms with Crippen molar-refractivity contribution in [2.45, 2.75) is 6.42 Å². The van der Waals surface area contributed by atoms with E-state index in [-0.39, 0.29) is 5.91 Å². The Morgan fingerprint density at radius 3 is 2.62 bits per heavy atom. The molecule has 0 aliphatic carbocycles. The molecule has 1 unspecified atom stereocenters. The van der Waals surface area contributed by atoms with Crippen molar-refractivity contribution in [3.8, 4) is 17.6 Å². The van der Waals surface area contributed by atoms with Crippen LogP contribution in [0.2, 0.25) is 0 Å². The molecule has 1 amide bonds. The van der Waals surface area contributed by atoms with E-state index in [2.05, 4.69) is 11.4 Å². The van der Waals surface area contributed by atoms with E-state index in [1.165, 1.54) is 0 Å². The first-order chi connectivity index (χ1) is 12.5. The number of likely N-dealkylation sites (N-methyl/N-ethyl adjacent to an activating group) is 1. The Bertz CT molecular complexity index is 799. The van der Waals surface area contributed by atoms with E-state index in [4.69, 9.17) is 14.7 Å². The molecule has 2 aromatic carbocycles. The van der Waals surface area contributed by atoms with Crippen molar-refractivity contribution in [2.75, 3.05) is 39.7 Å². The minimum atomic E-state index is -0.0788. The number of benzene rings is 2. The maximum absolute atomic E-state index is 12.2. The average Bonchev–Trinajstić information content (AvgIpc) is 2.66. The fourth-order valence-electron chi connectivity index (χ4n) is 2.63. The first-order valence-electron chi connectivity index (χ1n) is 8.38. The molecule has 0 aliphatic rings. The number of quaternary nitrogens is 1. The standard InChI is InChI=1S/C20H23N3O3/c1-23(10-9-15-7-8-18(25-2)19(12-15)26-3)14-20(24)22-17-6-4-5-16(11-17)13-21/h4-8,11-12H,9-10,14H2,1-3H3,(H,22,24)/p+1. The Kier molecular flexibility index (Phi) is 7.01. The summed E-state index contributed by atoms with van der Waals surface area (Å²) in [6.45, 7) is 1.16. The van der Waals surface area contributed by atoms with Gasteiger partial charge in [-0.3, -0.25) is 4.79 Å². The number of nitrogens with one attached hydrogen (secondary N) is 2. The summed E-state index contributed by atoms with van der Waals surface area (Å²) in [5, 5.41) is 11.7. The van der Waals surface area contributed by atoms with Crippen molar-refractivity contribution in [1.29, 1.82) is 5.26 Å². The lowest BCUT2D eigenvalue weighted by molar-refractivity contribution is -0.870. The molecule has 0 radical (unpaired) electrons. The van der Waals surface area contributed by atoms with Crippen molar-refractivity contribution in [2.24, 2.45) is 0 Å². The summed E-state index contributed by atoms with van der Waals surface area (Å²) < 4.78 is 10.6. The SMILES string of the molecule is COc1ccc(CC[NH+](C)CC(=O)Nc2cccc(C#N)c2)cc1OC. The van der Waals surface area contributed by atoms with Crippen LogP contribution in [0.25, 0.3) is 0 Å². The smallest absolute Gasteiger partial charge is 0.279 e. The molecular formula is C20H24N3O3+. The van der Waals surface area contributed by atoms with Crippen LogP contribution in [-0.4, -0.2) is 40.3 Å². The fourth-order valence-corrected chi connectivity index (χ4v) is 2.63. The van der Waals surface area contributed by atoms with Crippen LogP contribution in [0.15, 0.2) is 42.5 Å². The van der Waals surface area contributed by atoms with Crippen LogP contribution in [0, 0.1) is 11.3 Å². The van der Waals surface area contributed by atoms with E-state index in [0.717, 1.165) is 23.4 Å². The predicted octanol–water partition coefficient (Wildman–Crippen LogP) is 1.27. The van der Waals surface area contributed by atoms with Gasteiger partial charge in [-0.2, -0.15) is 5.26 Å². The minimum absolute atomic E-state index is 0.0788. The molecule has 1 atom stereocenters. The molecule has 6 heteroatoms. The Labute approximate surface area is 153 Å². The lowest BCUT2D eigenvalue weighted by Gasteiger charge is -2.15. The zero-order chi connectivity index (χ0) is 18.9. The van der Waals surface area contributed by atoms with E-state index in [9.17, 15) is 4.79 Å². The lowest BCUT2D eigenvalue weighted by Crippen LogP contribution is -3.10. The molecular weight excluding hydrogens is 330 g/mol. The largest absolute Gasteiger partial charge is 0.493 e. The Morgan fingerprint density at radius 1 is 1.15 bits per heavy atom. The van der Waals surface area contributed by atoms with Gasteiger partial charge in [-0.1, -0.05) is 12.1 Å². The number of carbonyl (C=O) groups is 1. The van der Waals surface area contributed by atoms with Crippen molar-refractivity contribution >= 4 is 11.6 Å². The third kappa shape index (κ3) is 5.50.